The number of anilines is 1. The van der Waals surface area contributed by atoms with Gasteiger partial charge in [-0.05, 0) is 59.8 Å². The maximum atomic E-state index is 12.9. The van der Waals surface area contributed by atoms with Crippen LogP contribution in [0.3, 0.4) is 0 Å². The molecule has 1 atom stereocenters. The van der Waals surface area contributed by atoms with Gasteiger partial charge in [-0.15, -0.1) is 0 Å². The number of benzene rings is 2. The van der Waals surface area contributed by atoms with E-state index < -0.39 is 23.8 Å². The molecule has 2 aromatic carbocycles. The van der Waals surface area contributed by atoms with Crippen LogP contribution in [-0.2, 0) is 11.0 Å². The lowest BCUT2D eigenvalue weighted by atomic mass is 10.1. The molecule has 1 amide bonds. The van der Waals surface area contributed by atoms with Crippen LogP contribution in [0.4, 0.5) is 18.9 Å². The average Bonchev–Trinajstić information content (AvgIpc) is 2.46. The Morgan fingerprint density at radius 1 is 1.17 bits per heavy atom. The van der Waals surface area contributed by atoms with Crippen LogP contribution in [0.1, 0.15) is 12.5 Å². The SMILES string of the molecule is C[C@H](Oc1cccc(I)c1)C(=O)Nc1ccccc1C(F)(F)F. The summed E-state index contributed by atoms with van der Waals surface area (Å²) < 4.78 is 45.1. The van der Waals surface area contributed by atoms with Crippen molar-refractivity contribution in [3.8, 4) is 5.75 Å². The zero-order valence-corrected chi connectivity index (χ0v) is 14.2. The summed E-state index contributed by atoms with van der Waals surface area (Å²) in [5.41, 5.74) is -1.18. The molecule has 2 rings (SSSR count). The van der Waals surface area contributed by atoms with E-state index in [0.29, 0.717) is 5.75 Å². The van der Waals surface area contributed by atoms with Crippen molar-refractivity contribution in [3.05, 3.63) is 57.7 Å². The first-order valence-electron chi connectivity index (χ1n) is 6.66. The lowest BCUT2D eigenvalue weighted by molar-refractivity contribution is -0.137. The molecule has 0 aliphatic carbocycles. The van der Waals surface area contributed by atoms with Gasteiger partial charge in [0.15, 0.2) is 6.10 Å². The number of rotatable bonds is 4. The number of nitrogens with one attached hydrogen (secondary N) is 1. The molecule has 2 aromatic rings. The normalized spacial score (nSPS) is 12.6. The highest BCUT2D eigenvalue weighted by molar-refractivity contribution is 14.1. The summed E-state index contributed by atoms with van der Waals surface area (Å²) >= 11 is 2.10. The smallest absolute Gasteiger partial charge is 0.418 e. The second kappa shape index (κ2) is 7.20. The van der Waals surface area contributed by atoms with E-state index >= 15 is 0 Å². The van der Waals surface area contributed by atoms with Crippen molar-refractivity contribution in [2.75, 3.05) is 5.32 Å². The fourth-order valence-electron chi connectivity index (χ4n) is 1.87. The van der Waals surface area contributed by atoms with Crippen molar-refractivity contribution in [3.63, 3.8) is 0 Å². The minimum atomic E-state index is -4.54. The van der Waals surface area contributed by atoms with Gasteiger partial charge in [0, 0.05) is 3.57 Å². The molecule has 0 radical (unpaired) electrons. The molecule has 0 unspecified atom stereocenters. The first-order valence-corrected chi connectivity index (χ1v) is 7.74. The standard InChI is InChI=1S/C16H13F3INO2/c1-10(23-12-6-4-5-11(20)9-12)15(22)21-14-8-3-2-7-13(14)16(17,18)19/h2-10H,1H3,(H,21,22)/t10-/m0/s1. The van der Waals surface area contributed by atoms with E-state index in [2.05, 4.69) is 27.9 Å². The molecule has 0 aliphatic heterocycles. The van der Waals surface area contributed by atoms with Crippen LogP contribution in [0.5, 0.6) is 5.75 Å². The molecule has 0 bridgehead atoms. The first kappa shape index (κ1) is 17.6. The van der Waals surface area contributed by atoms with Crippen molar-refractivity contribution in [1.29, 1.82) is 0 Å². The fraction of sp³-hybridized carbons (Fsp3) is 0.188. The van der Waals surface area contributed by atoms with Crippen LogP contribution >= 0.6 is 22.6 Å². The molecule has 0 aromatic heterocycles. The zero-order chi connectivity index (χ0) is 17.0. The molecule has 1 N–H and O–H groups in total. The van der Waals surface area contributed by atoms with Gasteiger partial charge in [-0.25, -0.2) is 0 Å². The highest BCUT2D eigenvalue weighted by Crippen LogP contribution is 2.34. The Bertz CT molecular complexity index is 704. The van der Waals surface area contributed by atoms with E-state index in [9.17, 15) is 18.0 Å². The van der Waals surface area contributed by atoms with E-state index in [-0.39, 0.29) is 5.69 Å². The summed E-state index contributed by atoms with van der Waals surface area (Å²) in [5.74, 6) is -0.177. The van der Waals surface area contributed by atoms with Crippen LogP contribution in [-0.4, -0.2) is 12.0 Å². The zero-order valence-electron chi connectivity index (χ0n) is 12.0. The lowest BCUT2D eigenvalue weighted by Crippen LogP contribution is -2.31. The predicted octanol–water partition coefficient (Wildman–Crippen LogP) is 4.72. The van der Waals surface area contributed by atoms with Crippen molar-refractivity contribution in [1.82, 2.24) is 0 Å². The van der Waals surface area contributed by atoms with Crippen LogP contribution < -0.4 is 10.1 Å². The molecular weight excluding hydrogens is 422 g/mol. The Kier molecular flexibility index (Phi) is 5.51. The van der Waals surface area contributed by atoms with Gasteiger partial charge in [0.05, 0.1) is 11.3 Å². The van der Waals surface area contributed by atoms with Gasteiger partial charge in [-0.3, -0.25) is 4.79 Å². The van der Waals surface area contributed by atoms with Gasteiger partial charge < -0.3 is 10.1 Å². The van der Waals surface area contributed by atoms with Gasteiger partial charge in [0.25, 0.3) is 5.91 Å². The predicted molar refractivity (Wildman–Crippen MR) is 89.3 cm³/mol. The summed E-state index contributed by atoms with van der Waals surface area (Å²) in [5, 5.41) is 2.27. The van der Waals surface area contributed by atoms with Crippen molar-refractivity contribution < 1.29 is 22.7 Å². The number of carbonyl (C=O) groups excluding carboxylic acids is 1. The second-order valence-corrected chi connectivity index (χ2v) is 6.00. The summed E-state index contributed by atoms with van der Waals surface area (Å²) in [6.45, 7) is 1.48. The van der Waals surface area contributed by atoms with Gasteiger partial charge in [0.2, 0.25) is 0 Å². The Hall–Kier alpha value is -1.77. The van der Waals surface area contributed by atoms with Crippen LogP contribution in [0.2, 0.25) is 0 Å². The number of ether oxygens (including phenoxy) is 1. The van der Waals surface area contributed by atoms with E-state index in [1.54, 1.807) is 18.2 Å². The Morgan fingerprint density at radius 2 is 1.87 bits per heavy atom. The van der Waals surface area contributed by atoms with Crippen molar-refractivity contribution in [2.24, 2.45) is 0 Å². The molecule has 0 spiro atoms. The Morgan fingerprint density at radius 3 is 2.52 bits per heavy atom. The molecule has 0 saturated heterocycles. The molecule has 7 heteroatoms. The van der Waals surface area contributed by atoms with Gasteiger partial charge in [-0.1, -0.05) is 18.2 Å². The van der Waals surface area contributed by atoms with E-state index in [4.69, 9.17) is 4.74 Å². The van der Waals surface area contributed by atoms with Gasteiger partial charge in [-0.2, -0.15) is 13.2 Å². The molecule has 23 heavy (non-hydrogen) atoms. The topological polar surface area (TPSA) is 38.3 Å². The summed E-state index contributed by atoms with van der Waals surface area (Å²) in [7, 11) is 0. The highest BCUT2D eigenvalue weighted by atomic mass is 127. The summed E-state index contributed by atoms with van der Waals surface area (Å²) in [6.07, 6.45) is -5.47. The molecule has 3 nitrogen and oxygen atoms in total. The monoisotopic (exact) mass is 435 g/mol. The van der Waals surface area contributed by atoms with Gasteiger partial charge >= 0.3 is 6.18 Å². The number of halogens is 4. The minimum Gasteiger partial charge on any atom is -0.481 e. The molecular formula is C16H13F3INO2. The maximum Gasteiger partial charge on any atom is 0.418 e. The third-order valence-electron chi connectivity index (χ3n) is 2.97. The summed E-state index contributed by atoms with van der Waals surface area (Å²) in [4.78, 5) is 12.1. The molecule has 0 heterocycles. The van der Waals surface area contributed by atoms with E-state index in [1.165, 1.54) is 25.1 Å². The lowest BCUT2D eigenvalue weighted by Gasteiger charge is -2.17. The third kappa shape index (κ3) is 4.85. The highest BCUT2D eigenvalue weighted by Gasteiger charge is 2.34. The summed E-state index contributed by atoms with van der Waals surface area (Å²) in [6, 6.07) is 11.8. The Labute approximate surface area is 145 Å². The minimum absolute atomic E-state index is 0.289. The Balaban J connectivity index is 2.10. The van der Waals surface area contributed by atoms with Crippen molar-refractivity contribution in [2.45, 2.75) is 19.2 Å². The number of alkyl halides is 3. The number of carbonyl (C=O) groups is 1. The fourth-order valence-corrected chi connectivity index (χ4v) is 2.39. The van der Waals surface area contributed by atoms with E-state index in [1.807, 2.05) is 6.07 Å². The third-order valence-corrected chi connectivity index (χ3v) is 3.64. The molecule has 0 aliphatic rings. The number of para-hydroxylation sites is 1. The van der Waals surface area contributed by atoms with Crippen molar-refractivity contribution >= 4 is 34.2 Å². The van der Waals surface area contributed by atoms with Crippen LogP contribution in [0.25, 0.3) is 0 Å². The average molecular weight is 435 g/mol. The number of hydrogen-bond acceptors (Lipinski definition) is 2. The van der Waals surface area contributed by atoms with Crippen LogP contribution in [0.15, 0.2) is 48.5 Å². The van der Waals surface area contributed by atoms with E-state index in [0.717, 1.165) is 9.64 Å². The number of amides is 1. The maximum absolute atomic E-state index is 12.9. The first-order chi connectivity index (χ1) is 10.8. The number of hydrogen-bond donors (Lipinski definition) is 1. The largest absolute Gasteiger partial charge is 0.481 e. The van der Waals surface area contributed by atoms with Gasteiger partial charge in [0.1, 0.15) is 5.75 Å². The molecule has 0 saturated carbocycles. The van der Waals surface area contributed by atoms with Crippen LogP contribution in [0, 0.1) is 3.57 Å². The second-order valence-electron chi connectivity index (χ2n) is 4.75. The molecule has 0 fully saturated rings. The molecule has 122 valence electrons. The quantitative estimate of drug-likeness (QED) is 0.707.